The van der Waals surface area contributed by atoms with Crippen molar-refractivity contribution in [2.45, 2.75) is 6.92 Å². The van der Waals surface area contributed by atoms with Crippen molar-refractivity contribution in [1.29, 1.82) is 0 Å². The fourth-order valence-electron chi connectivity index (χ4n) is 1.20. The number of amides is 1. The number of rotatable bonds is 1. The molecule has 0 saturated carbocycles. The molecule has 0 bridgehead atoms. The standard InChI is InChI=1S/C10H9N3O/c1-7-12-9(10(14)13-7)6-8-2-4-11-5-3-8/h2-6H,1H3,(H,12,13,14)/b9-6+. The van der Waals surface area contributed by atoms with Gasteiger partial charge in [-0.25, -0.2) is 4.99 Å². The van der Waals surface area contributed by atoms with Crippen LogP contribution in [0.25, 0.3) is 6.08 Å². The van der Waals surface area contributed by atoms with Gasteiger partial charge in [-0.1, -0.05) is 0 Å². The van der Waals surface area contributed by atoms with Gasteiger partial charge in [0.15, 0.2) is 0 Å². The summed E-state index contributed by atoms with van der Waals surface area (Å²) in [7, 11) is 0. The summed E-state index contributed by atoms with van der Waals surface area (Å²) in [5.74, 6) is 0.481. The Balaban J connectivity index is 2.32. The van der Waals surface area contributed by atoms with Gasteiger partial charge in [0.25, 0.3) is 5.91 Å². The molecule has 1 amide bonds. The van der Waals surface area contributed by atoms with Crippen molar-refractivity contribution in [3.63, 3.8) is 0 Å². The Kier molecular flexibility index (Phi) is 2.10. The van der Waals surface area contributed by atoms with Crippen LogP contribution in [-0.4, -0.2) is 16.7 Å². The first-order chi connectivity index (χ1) is 6.75. The average molecular weight is 187 g/mol. The van der Waals surface area contributed by atoms with Crippen LogP contribution in [0.3, 0.4) is 0 Å². The quantitative estimate of drug-likeness (QED) is 0.666. The van der Waals surface area contributed by atoms with Crippen LogP contribution in [0.5, 0.6) is 0 Å². The van der Waals surface area contributed by atoms with Crippen LogP contribution in [-0.2, 0) is 4.79 Å². The molecular formula is C10H9N3O. The number of hydrogen-bond acceptors (Lipinski definition) is 3. The molecule has 2 heterocycles. The maximum Gasteiger partial charge on any atom is 0.275 e. The van der Waals surface area contributed by atoms with Crippen LogP contribution in [0.1, 0.15) is 12.5 Å². The molecule has 0 aromatic carbocycles. The van der Waals surface area contributed by atoms with E-state index in [0.29, 0.717) is 11.5 Å². The van der Waals surface area contributed by atoms with Crippen molar-refractivity contribution < 1.29 is 4.79 Å². The van der Waals surface area contributed by atoms with E-state index >= 15 is 0 Å². The van der Waals surface area contributed by atoms with Crippen molar-refractivity contribution in [2.75, 3.05) is 0 Å². The number of aromatic nitrogens is 1. The summed E-state index contributed by atoms with van der Waals surface area (Å²) in [6.45, 7) is 1.76. The van der Waals surface area contributed by atoms with E-state index in [2.05, 4.69) is 15.3 Å². The Bertz CT molecular complexity index is 420. The normalized spacial score (nSPS) is 18.2. The number of amidine groups is 1. The molecule has 1 aliphatic rings. The zero-order valence-corrected chi connectivity index (χ0v) is 7.69. The second-order valence-electron chi connectivity index (χ2n) is 2.96. The van der Waals surface area contributed by atoms with Gasteiger partial charge in [0, 0.05) is 12.4 Å². The number of nitrogens with zero attached hydrogens (tertiary/aromatic N) is 2. The van der Waals surface area contributed by atoms with Gasteiger partial charge in [-0.2, -0.15) is 0 Å². The lowest BCUT2D eigenvalue weighted by Crippen LogP contribution is -2.21. The minimum atomic E-state index is -0.153. The molecule has 1 aromatic rings. The first kappa shape index (κ1) is 8.62. The number of carbonyl (C=O) groups excluding carboxylic acids is 1. The summed E-state index contributed by atoms with van der Waals surface area (Å²) in [6, 6.07) is 3.65. The Morgan fingerprint density at radius 2 is 2.07 bits per heavy atom. The third-order valence-electron chi connectivity index (χ3n) is 1.82. The van der Waals surface area contributed by atoms with Crippen molar-refractivity contribution >= 4 is 17.8 Å². The number of aliphatic imine (C=N–C) groups is 1. The molecule has 4 heteroatoms. The predicted molar refractivity (Wildman–Crippen MR) is 53.5 cm³/mol. The summed E-state index contributed by atoms with van der Waals surface area (Å²) in [4.78, 5) is 19.2. The Labute approximate surface area is 81.4 Å². The van der Waals surface area contributed by atoms with Gasteiger partial charge in [-0.3, -0.25) is 9.78 Å². The van der Waals surface area contributed by atoms with Crippen molar-refractivity contribution in [3.8, 4) is 0 Å². The fourth-order valence-corrected chi connectivity index (χ4v) is 1.20. The smallest absolute Gasteiger partial charge is 0.275 e. The minimum absolute atomic E-state index is 0.153. The highest BCUT2D eigenvalue weighted by Gasteiger charge is 2.15. The third kappa shape index (κ3) is 1.69. The second kappa shape index (κ2) is 3.41. The molecule has 0 aliphatic carbocycles. The van der Waals surface area contributed by atoms with E-state index < -0.39 is 0 Å². The van der Waals surface area contributed by atoms with Gasteiger partial charge >= 0.3 is 0 Å². The van der Waals surface area contributed by atoms with E-state index in [1.807, 2.05) is 12.1 Å². The number of hydrogen-bond donors (Lipinski definition) is 1. The molecule has 1 aliphatic heterocycles. The molecule has 0 fully saturated rings. The summed E-state index contributed by atoms with van der Waals surface area (Å²) in [6.07, 6.45) is 5.08. The number of pyridine rings is 1. The maximum absolute atomic E-state index is 11.3. The van der Waals surface area contributed by atoms with Crippen molar-refractivity contribution in [1.82, 2.24) is 10.3 Å². The second-order valence-corrected chi connectivity index (χ2v) is 2.96. The van der Waals surface area contributed by atoms with E-state index in [1.165, 1.54) is 0 Å². The lowest BCUT2D eigenvalue weighted by atomic mass is 10.2. The Morgan fingerprint density at radius 1 is 1.36 bits per heavy atom. The van der Waals surface area contributed by atoms with Gasteiger partial charge in [-0.15, -0.1) is 0 Å². The van der Waals surface area contributed by atoms with Crippen LogP contribution >= 0.6 is 0 Å². The first-order valence-electron chi connectivity index (χ1n) is 4.24. The lowest BCUT2D eigenvalue weighted by Gasteiger charge is -1.92. The van der Waals surface area contributed by atoms with E-state index in [1.54, 1.807) is 25.4 Å². The minimum Gasteiger partial charge on any atom is -0.309 e. The summed E-state index contributed by atoms with van der Waals surface area (Å²) < 4.78 is 0. The van der Waals surface area contributed by atoms with Crippen LogP contribution < -0.4 is 5.32 Å². The molecule has 1 aromatic heterocycles. The summed E-state index contributed by atoms with van der Waals surface area (Å²) in [5.41, 5.74) is 1.36. The van der Waals surface area contributed by atoms with Crippen LogP contribution in [0.4, 0.5) is 0 Å². The monoisotopic (exact) mass is 187 g/mol. The summed E-state index contributed by atoms with van der Waals surface area (Å²) >= 11 is 0. The molecular weight excluding hydrogens is 178 g/mol. The lowest BCUT2D eigenvalue weighted by molar-refractivity contribution is -0.115. The highest BCUT2D eigenvalue weighted by Crippen LogP contribution is 2.10. The molecule has 0 atom stereocenters. The number of carbonyl (C=O) groups is 1. The molecule has 0 saturated heterocycles. The zero-order valence-electron chi connectivity index (χ0n) is 7.69. The maximum atomic E-state index is 11.3. The predicted octanol–water partition coefficient (Wildman–Crippen LogP) is 0.971. The van der Waals surface area contributed by atoms with Crippen LogP contribution in [0.15, 0.2) is 35.2 Å². The van der Waals surface area contributed by atoms with Gasteiger partial charge < -0.3 is 5.32 Å². The highest BCUT2D eigenvalue weighted by molar-refractivity contribution is 6.13. The van der Waals surface area contributed by atoms with Crippen molar-refractivity contribution in [2.24, 2.45) is 4.99 Å². The SMILES string of the molecule is CC1=N/C(=C/c2ccncc2)C(=O)N1. The molecule has 1 N–H and O–H groups in total. The van der Waals surface area contributed by atoms with Gasteiger partial charge in [-0.05, 0) is 30.7 Å². The largest absolute Gasteiger partial charge is 0.309 e. The topological polar surface area (TPSA) is 54.4 Å². The number of nitrogens with one attached hydrogen (secondary N) is 1. The fraction of sp³-hybridized carbons (Fsp3) is 0.100. The van der Waals surface area contributed by atoms with E-state index in [9.17, 15) is 4.79 Å². The first-order valence-corrected chi connectivity index (χ1v) is 4.24. The average Bonchev–Trinajstić information content (AvgIpc) is 2.47. The van der Waals surface area contributed by atoms with Gasteiger partial charge in [0.05, 0.1) is 0 Å². The molecule has 0 unspecified atom stereocenters. The molecule has 2 rings (SSSR count). The highest BCUT2D eigenvalue weighted by atomic mass is 16.2. The molecule has 0 spiro atoms. The zero-order chi connectivity index (χ0) is 9.97. The van der Waals surface area contributed by atoms with E-state index in [0.717, 1.165) is 5.56 Å². The molecule has 4 nitrogen and oxygen atoms in total. The van der Waals surface area contributed by atoms with Gasteiger partial charge in [0.2, 0.25) is 0 Å². The molecule has 70 valence electrons. The summed E-state index contributed by atoms with van der Waals surface area (Å²) in [5, 5.41) is 2.61. The van der Waals surface area contributed by atoms with Gasteiger partial charge in [0.1, 0.15) is 11.5 Å². The Morgan fingerprint density at radius 3 is 2.64 bits per heavy atom. The molecule has 14 heavy (non-hydrogen) atoms. The third-order valence-corrected chi connectivity index (χ3v) is 1.82. The Hall–Kier alpha value is -1.97. The van der Waals surface area contributed by atoms with E-state index in [-0.39, 0.29) is 5.91 Å². The van der Waals surface area contributed by atoms with E-state index in [4.69, 9.17) is 0 Å². The van der Waals surface area contributed by atoms with Crippen molar-refractivity contribution in [3.05, 3.63) is 35.8 Å². The van der Waals surface area contributed by atoms with Crippen LogP contribution in [0, 0.1) is 0 Å². The van der Waals surface area contributed by atoms with Crippen LogP contribution in [0.2, 0.25) is 0 Å². The molecule has 0 radical (unpaired) electrons.